The topological polar surface area (TPSA) is 23.6 Å². The quantitative estimate of drug-likeness (QED) is 0.791. The lowest BCUT2D eigenvalue weighted by atomic mass is 10.1. The van der Waals surface area contributed by atoms with Crippen molar-refractivity contribution in [2.75, 3.05) is 32.7 Å². The summed E-state index contributed by atoms with van der Waals surface area (Å²) < 4.78 is 37.7. The second kappa shape index (κ2) is 7.93. The van der Waals surface area contributed by atoms with Crippen LogP contribution in [0.1, 0.15) is 12.5 Å². The molecule has 0 spiro atoms. The number of benzene rings is 1. The number of rotatable bonds is 3. The van der Waals surface area contributed by atoms with Gasteiger partial charge in [-0.05, 0) is 17.5 Å². The van der Waals surface area contributed by atoms with Gasteiger partial charge in [0.25, 0.3) is 0 Å². The van der Waals surface area contributed by atoms with Crippen molar-refractivity contribution in [3.05, 3.63) is 33.8 Å². The summed E-state index contributed by atoms with van der Waals surface area (Å²) in [6, 6.07) is 5.08. The van der Waals surface area contributed by atoms with Crippen molar-refractivity contribution >= 4 is 29.1 Å². The maximum absolute atomic E-state index is 12.6. The smallest absolute Gasteiger partial charge is 0.341 e. The SMILES string of the molecule is CC1CN(CC(F)(F)F)CCN(C(=O)Cc2cccc(Cl)c2Cl)C1. The molecule has 24 heavy (non-hydrogen) atoms. The number of hydrogen-bond donors (Lipinski definition) is 0. The van der Waals surface area contributed by atoms with Crippen molar-refractivity contribution in [3.63, 3.8) is 0 Å². The molecule has 1 aromatic rings. The molecule has 0 radical (unpaired) electrons. The highest BCUT2D eigenvalue weighted by Gasteiger charge is 2.33. The zero-order valence-electron chi connectivity index (χ0n) is 13.2. The standard InChI is InChI=1S/C16H19Cl2F3N2O/c1-11-8-22(10-16(19,20)21)5-6-23(9-11)14(24)7-12-3-2-4-13(17)15(12)18/h2-4,11H,5-10H2,1H3. The summed E-state index contributed by atoms with van der Waals surface area (Å²) >= 11 is 12.0. The molecule has 1 fully saturated rings. The summed E-state index contributed by atoms with van der Waals surface area (Å²) in [6.07, 6.45) is -4.14. The Morgan fingerprint density at radius 3 is 2.62 bits per heavy atom. The van der Waals surface area contributed by atoms with Gasteiger partial charge in [0, 0.05) is 26.2 Å². The minimum atomic E-state index is -4.23. The van der Waals surface area contributed by atoms with Crippen LogP contribution in [0.5, 0.6) is 0 Å². The van der Waals surface area contributed by atoms with Crippen LogP contribution in [0.3, 0.4) is 0 Å². The molecular formula is C16H19Cl2F3N2O. The van der Waals surface area contributed by atoms with E-state index in [2.05, 4.69) is 0 Å². The van der Waals surface area contributed by atoms with Crippen molar-refractivity contribution < 1.29 is 18.0 Å². The fraction of sp³-hybridized carbons (Fsp3) is 0.562. The molecule has 0 N–H and O–H groups in total. The third kappa shape index (κ3) is 5.53. The molecule has 1 aliphatic heterocycles. The number of amides is 1. The molecule has 3 nitrogen and oxygen atoms in total. The molecular weight excluding hydrogens is 364 g/mol. The number of alkyl halides is 3. The molecule has 8 heteroatoms. The average Bonchev–Trinajstić information content (AvgIpc) is 2.63. The van der Waals surface area contributed by atoms with Crippen molar-refractivity contribution in [3.8, 4) is 0 Å². The van der Waals surface area contributed by atoms with Crippen LogP contribution in [-0.2, 0) is 11.2 Å². The number of carbonyl (C=O) groups excluding carboxylic acids is 1. The van der Waals surface area contributed by atoms with Gasteiger partial charge in [-0.15, -0.1) is 0 Å². The Bertz CT molecular complexity index is 595. The molecule has 1 heterocycles. The molecule has 1 atom stereocenters. The fourth-order valence-electron chi connectivity index (χ4n) is 2.90. The second-order valence-electron chi connectivity index (χ2n) is 6.18. The van der Waals surface area contributed by atoms with Gasteiger partial charge in [0.15, 0.2) is 0 Å². The van der Waals surface area contributed by atoms with E-state index in [1.54, 1.807) is 23.1 Å². The van der Waals surface area contributed by atoms with E-state index in [9.17, 15) is 18.0 Å². The number of halogens is 5. The van der Waals surface area contributed by atoms with Crippen molar-refractivity contribution in [1.29, 1.82) is 0 Å². The van der Waals surface area contributed by atoms with E-state index in [1.807, 2.05) is 6.92 Å². The van der Waals surface area contributed by atoms with E-state index < -0.39 is 12.7 Å². The maximum atomic E-state index is 12.6. The van der Waals surface area contributed by atoms with Gasteiger partial charge in [0.1, 0.15) is 0 Å². The Kier molecular flexibility index (Phi) is 6.39. The normalized spacial score (nSPS) is 20.1. The first-order valence-electron chi connectivity index (χ1n) is 7.65. The molecule has 0 aliphatic carbocycles. The average molecular weight is 383 g/mol. The van der Waals surface area contributed by atoms with Crippen LogP contribution in [0, 0.1) is 5.92 Å². The highest BCUT2D eigenvalue weighted by Crippen LogP contribution is 2.26. The molecule has 2 rings (SSSR count). The predicted octanol–water partition coefficient (Wildman–Crippen LogP) is 3.88. The van der Waals surface area contributed by atoms with Crippen LogP contribution < -0.4 is 0 Å². The van der Waals surface area contributed by atoms with E-state index in [4.69, 9.17) is 23.2 Å². The van der Waals surface area contributed by atoms with Crippen molar-refractivity contribution in [2.24, 2.45) is 5.92 Å². The monoisotopic (exact) mass is 382 g/mol. The molecule has 134 valence electrons. The van der Waals surface area contributed by atoms with E-state index >= 15 is 0 Å². The van der Waals surface area contributed by atoms with Gasteiger partial charge < -0.3 is 4.90 Å². The first-order valence-corrected chi connectivity index (χ1v) is 8.41. The molecule has 1 aromatic carbocycles. The largest absolute Gasteiger partial charge is 0.401 e. The van der Waals surface area contributed by atoms with Crippen LogP contribution in [-0.4, -0.2) is 54.6 Å². The lowest BCUT2D eigenvalue weighted by molar-refractivity contribution is -0.146. The lowest BCUT2D eigenvalue weighted by Gasteiger charge is -2.23. The minimum Gasteiger partial charge on any atom is -0.341 e. The Labute approximate surface area is 149 Å². The Balaban J connectivity index is 2.01. The zero-order valence-corrected chi connectivity index (χ0v) is 14.8. The van der Waals surface area contributed by atoms with E-state index in [0.717, 1.165) is 0 Å². The van der Waals surface area contributed by atoms with Gasteiger partial charge in [0.05, 0.1) is 23.0 Å². The third-order valence-electron chi connectivity index (χ3n) is 3.92. The third-order valence-corrected chi connectivity index (χ3v) is 4.77. The Morgan fingerprint density at radius 1 is 1.25 bits per heavy atom. The van der Waals surface area contributed by atoms with Crippen LogP contribution in [0.2, 0.25) is 10.0 Å². The summed E-state index contributed by atoms with van der Waals surface area (Å²) in [5.41, 5.74) is 0.623. The molecule has 1 aliphatic rings. The highest BCUT2D eigenvalue weighted by molar-refractivity contribution is 6.42. The molecule has 0 aromatic heterocycles. The summed E-state index contributed by atoms with van der Waals surface area (Å²) in [5.74, 6) is -0.187. The van der Waals surface area contributed by atoms with Crippen LogP contribution >= 0.6 is 23.2 Å². The molecule has 1 saturated heterocycles. The molecule has 1 amide bonds. The first-order chi connectivity index (χ1) is 11.2. The van der Waals surface area contributed by atoms with E-state index in [0.29, 0.717) is 28.7 Å². The fourth-order valence-corrected chi connectivity index (χ4v) is 3.29. The van der Waals surface area contributed by atoms with Gasteiger partial charge in [-0.1, -0.05) is 42.3 Å². The van der Waals surface area contributed by atoms with Crippen molar-refractivity contribution in [2.45, 2.75) is 19.5 Å². The predicted molar refractivity (Wildman–Crippen MR) is 88.4 cm³/mol. The minimum absolute atomic E-state index is 0.0337. The summed E-state index contributed by atoms with van der Waals surface area (Å²) in [7, 11) is 0. The number of carbonyl (C=O) groups is 1. The Hall–Kier alpha value is -0.980. The lowest BCUT2D eigenvalue weighted by Crippen LogP contribution is -2.39. The Morgan fingerprint density at radius 2 is 1.96 bits per heavy atom. The van der Waals surface area contributed by atoms with Crippen LogP contribution in [0.25, 0.3) is 0 Å². The van der Waals surface area contributed by atoms with Gasteiger partial charge in [-0.2, -0.15) is 13.2 Å². The van der Waals surface area contributed by atoms with Gasteiger partial charge in [-0.3, -0.25) is 9.69 Å². The van der Waals surface area contributed by atoms with Crippen LogP contribution in [0.15, 0.2) is 18.2 Å². The van der Waals surface area contributed by atoms with E-state index in [1.165, 1.54) is 4.90 Å². The second-order valence-corrected chi connectivity index (χ2v) is 6.97. The number of nitrogens with zero attached hydrogens (tertiary/aromatic N) is 2. The van der Waals surface area contributed by atoms with Gasteiger partial charge in [0.2, 0.25) is 5.91 Å². The van der Waals surface area contributed by atoms with Crippen LogP contribution in [0.4, 0.5) is 13.2 Å². The summed E-state index contributed by atoms with van der Waals surface area (Å²) in [6.45, 7) is 2.14. The first kappa shape index (κ1) is 19.3. The zero-order chi connectivity index (χ0) is 17.9. The highest BCUT2D eigenvalue weighted by atomic mass is 35.5. The molecule has 0 saturated carbocycles. The summed E-state index contributed by atoms with van der Waals surface area (Å²) in [5, 5.41) is 0.719. The summed E-state index contributed by atoms with van der Waals surface area (Å²) in [4.78, 5) is 15.5. The molecule has 1 unspecified atom stereocenters. The van der Waals surface area contributed by atoms with Gasteiger partial charge in [-0.25, -0.2) is 0 Å². The van der Waals surface area contributed by atoms with E-state index in [-0.39, 0.29) is 31.3 Å². The molecule has 0 bridgehead atoms. The van der Waals surface area contributed by atoms with Gasteiger partial charge >= 0.3 is 6.18 Å². The maximum Gasteiger partial charge on any atom is 0.401 e. The van der Waals surface area contributed by atoms with Crippen molar-refractivity contribution in [1.82, 2.24) is 9.80 Å². The number of hydrogen-bond acceptors (Lipinski definition) is 2.